The second-order valence-corrected chi connectivity index (χ2v) is 15.2. The Labute approximate surface area is 398 Å². The Bertz CT molecular complexity index is 2350. The number of hydrogen-bond donors (Lipinski definition) is 3. The maximum atomic E-state index is 13.4. The van der Waals surface area contributed by atoms with Crippen LogP contribution in [0, 0.1) is 18.3 Å². The fourth-order valence-corrected chi connectivity index (χ4v) is 6.58. The van der Waals surface area contributed by atoms with Crippen molar-refractivity contribution in [3.8, 4) is 23.3 Å². The van der Waals surface area contributed by atoms with Crippen LogP contribution in [-0.2, 0) is 15.6 Å². The summed E-state index contributed by atoms with van der Waals surface area (Å²) < 4.78 is 275. The van der Waals surface area contributed by atoms with Gasteiger partial charge in [-0.3, -0.25) is 0 Å². The van der Waals surface area contributed by atoms with Gasteiger partial charge in [0.05, 0.1) is 18.9 Å². The van der Waals surface area contributed by atoms with E-state index >= 15 is 0 Å². The third-order valence-corrected chi connectivity index (χ3v) is 9.63. The third-order valence-electron chi connectivity index (χ3n) is 9.63. The Morgan fingerprint density at radius 1 is 0.548 bits per heavy atom. The molecule has 3 N–H and O–H groups in total. The molecule has 1 unspecified atom stereocenters. The van der Waals surface area contributed by atoms with Crippen LogP contribution in [0.3, 0.4) is 0 Å². The molecule has 0 spiro atoms. The molecule has 0 aliphatic heterocycles. The van der Waals surface area contributed by atoms with Crippen molar-refractivity contribution in [2.45, 2.75) is 99.4 Å². The van der Waals surface area contributed by atoms with Crippen molar-refractivity contribution < 1.29 is 121 Å². The van der Waals surface area contributed by atoms with E-state index in [1.165, 1.54) is 24.3 Å². The van der Waals surface area contributed by atoms with Crippen LogP contribution in [-0.4, -0.2) is 85.6 Å². The number of nitrogens with one attached hydrogen (secondary N) is 1. The second-order valence-electron chi connectivity index (χ2n) is 15.2. The van der Waals surface area contributed by atoms with Crippen molar-refractivity contribution in [3.05, 3.63) is 125 Å². The highest BCUT2D eigenvalue weighted by molar-refractivity contribution is 5.51. The molecular formula is C44H37F21N2O6. The molecule has 4 rings (SSSR count). The molecule has 0 saturated heterocycles. The SMILES string of the molecule is Cc1cccc(C(C#N)(C[C@H](O)C(F)(F)F)c2cccc(OC(F)(F)F)c2)c1.O=CCC(F)(F)F.O[C@@H](CC(CNCCC(F)(F)F)(c1cccc(OC(F)(F)F)c1)c1cccc(OC(F)(F)F)c1)C(F)(F)F. The van der Waals surface area contributed by atoms with E-state index in [2.05, 4.69) is 19.5 Å². The molecule has 0 radical (unpaired) electrons. The number of halogens is 21. The number of alkyl halides is 21. The minimum atomic E-state index is -5.31. The number of nitrogens with zero attached hydrogens (tertiary/aromatic N) is 1. The van der Waals surface area contributed by atoms with Crippen molar-refractivity contribution >= 4 is 6.29 Å². The van der Waals surface area contributed by atoms with Gasteiger partial charge in [-0.1, -0.05) is 66.2 Å². The van der Waals surface area contributed by atoms with E-state index in [1.807, 2.05) is 0 Å². The number of aryl methyl sites for hydroxylation is 1. The molecule has 73 heavy (non-hydrogen) atoms. The summed E-state index contributed by atoms with van der Waals surface area (Å²) in [5.41, 5.74) is -4.67. The first-order valence-electron chi connectivity index (χ1n) is 20.0. The van der Waals surface area contributed by atoms with E-state index < -0.39 is 134 Å². The first-order valence-corrected chi connectivity index (χ1v) is 20.0. The highest BCUT2D eigenvalue weighted by Gasteiger charge is 2.49. The predicted molar refractivity (Wildman–Crippen MR) is 211 cm³/mol. The van der Waals surface area contributed by atoms with Crippen LogP contribution in [0.2, 0.25) is 0 Å². The fourth-order valence-electron chi connectivity index (χ4n) is 6.58. The van der Waals surface area contributed by atoms with E-state index in [0.717, 1.165) is 54.6 Å². The zero-order valence-electron chi connectivity index (χ0n) is 36.6. The summed E-state index contributed by atoms with van der Waals surface area (Å²) in [7, 11) is 0. The summed E-state index contributed by atoms with van der Waals surface area (Å²) in [5, 5.41) is 31.6. The van der Waals surface area contributed by atoms with Crippen LogP contribution in [0.15, 0.2) is 97.1 Å². The number of carbonyl (C=O) groups is 1. The van der Waals surface area contributed by atoms with Crippen LogP contribution >= 0.6 is 0 Å². The van der Waals surface area contributed by atoms with Crippen molar-refractivity contribution in [2.75, 3.05) is 13.1 Å². The lowest BCUT2D eigenvalue weighted by Gasteiger charge is -2.38. The van der Waals surface area contributed by atoms with Crippen molar-refractivity contribution in [1.29, 1.82) is 5.26 Å². The highest BCUT2D eigenvalue weighted by Crippen LogP contribution is 2.44. The lowest BCUT2D eigenvalue weighted by Crippen LogP contribution is -2.46. The van der Waals surface area contributed by atoms with Crippen molar-refractivity contribution in [2.24, 2.45) is 0 Å². The number of ether oxygens (including phenoxy) is 3. The zero-order valence-corrected chi connectivity index (χ0v) is 36.6. The standard InChI is InChI=1S/C22H19F12NO3.C19H15F6NO2.C3H3F3O/c23-19(24,25)7-8-35-12-18(11-17(36)20(26,27)28,13-3-1-5-15(9-13)37-21(29,30)31)14-4-2-6-16(10-14)38-22(32,33)34;1-12-4-2-5-13(8-12)17(11-26,10-16(27)18(20,21)22)14-6-3-7-15(9-14)28-19(23,24)25;4-3(5,6)1-2-7/h1-6,9-10,17,35-36H,7-8,11-12H2;2-9,16,27H,10H2,1H3;2H,1H2/t17-;16-,17?;/m00./s1. The van der Waals surface area contributed by atoms with Gasteiger partial charge in [0, 0.05) is 24.9 Å². The lowest BCUT2D eigenvalue weighted by molar-refractivity contribution is -0.275. The van der Waals surface area contributed by atoms with Crippen LogP contribution in [0.4, 0.5) is 92.2 Å². The molecular weight excluding hydrogens is 1050 g/mol. The van der Waals surface area contributed by atoms with E-state index in [9.17, 15) is 108 Å². The fraction of sp³-hybridized carbons (Fsp3) is 0.409. The van der Waals surface area contributed by atoms with Gasteiger partial charge in [-0.15, -0.1) is 39.5 Å². The molecule has 3 atom stereocenters. The van der Waals surface area contributed by atoms with Gasteiger partial charge in [-0.25, -0.2) is 0 Å². The van der Waals surface area contributed by atoms with E-state index in [0.29, 0.717) is 17.7 Å². The predicted octanol–water partition coefficient (Wildman–Crippen LogP) is 12.8. The molecule has 8 nitrogen and oxygen atoms in total. The van der Waals surface area contributed by atoms with Crippen LogP contribution in [0.1, 0.15) is 53.5 Å². The van der Waals surface area contributed by atoms with Gasteiger partial charge in [-0.2, -0.15) is 57.9 Å². The van der Waals surface area contributed by atoms with E-state index in [4.69, 9.17) is 4.79 Å². The molecule has 29 heteroatoms. The van der Waals surface area contributed by atoms with E-state index in [-0.39, 0.29) is 17.4 Å². The van der Waals surface area contributed by atoms with Gasteiger partial charge in [0.2, 0.25) is 0 Å². The number of nitriles is 1. The minimum Gasteiger partial charge on any atom is -0.406 e. The smallest absolute Gasteiger partial charge is 0.406 e. The maximum absolute atomic E-state index is 13.4. The Morgan fingerprint density at radius 3 is 1.25 bits per heavy atom. The Balaban J connectivity index is 0.000000456. The monoisotopic (exact) mass is 1090 g/mol. The molecule has 0 amide bonds. The number of benzene rings is 4. The zero-order chi connectivity index (χ0) is 56.1. The number of rotatable bonds is 16. The van der Waals surface area contributed by atoms with Gasteiger partial charge >= 0.3 is 43.8 Å². The topological polar surface area (TPSA) is 121 Å². The normalized spacial score (nSPS) is 14.5. The second kappa shape index (κ2) is 24.7. The summed E-state index contributed by atoms with van der Waals surface area (Å²) in [4.78, 5) is 9.10. The van der Waals surface area contributed by atoms with Gasteiger partial charge in [0.15, 0.2) is 12.2 Å². The highest BCUT2D eigenvalue weighted by atomic mass is 19.4. The molecule has 0 bridgehead atoms. The molecule has 0 heterocycles. The maximum Gasteiger partial charge on any atom is 0.573 e. The molecule has 0 fully saturated rings. The third kappa shape index (κ3) is 21.8. The van der Waals surface area contributed by atoms with Crippen molar-refractivity contribution in [1.82, 2.24) is 5.32 Å². The Morgan fingerprint density at radius 2 is 0.918 bits per heavy atom. The van der Waals surface area contributed by atoms with Crippen molar-refractivity contribution in [3.63, 3.8) is 0 Å². The number of aliphatic hydroxyl groups is 2. The first kappa shape index (κ1) is 63.0. The first-order chi connectivity index (χ1) is 33.1. The summed E-state index contributed by atoms with van der Waals surface area (Å²) in [6, 6.07) is 18.6. The number of carbonyl (C=O) groups excluding carboxylic acids is 1. The summed E-state index contributed by atoms with van der Waals surface area (Å²) in [6.45, 7) is -0.0962. The van der Waals surface area contributed by atoms with Gasteiger partial charge in [0.1, 0.15) is 28.9 Å². The van der Waals surface area contributed by atoms with Gasteiger partial charge in [-0.05, 0) is 72.0 Å². The Kier molecular flexibility index (Phi) is 21.3. The summed E-state index contributed by atoms with van der Waals surface area (Å²) >= 11 is 0. The number of hydrogen-bond acceptors (Lipinski definition) is 8. The molecule has 4 aromatic carbocycles. The molecule has 0 aliphatic carbocycles. The average Bonchev–Trinajstić information content (AvgIpc) is 3.21. The number of aldehydes is 1. The average molecular weight is 1090 g/mol. The van der Waals surface area contributed by atoms with Crippen LogP contribution in [0.25, 0.3) is 0 Å². The molecule has 0 aliphatic rings. The van der Waals surface area contributed by atoms with Gasteiger partial charge < -0.3 is 34.5 Å². The quantitative estimate of drug-likeness (QED) is 0.0576. The summed E-state index contributed by atoms with van der Waals surface area (Å²) in [6.07, 6.45) is -46.3. The lowest BCUT2D eigenvalue weighted by atomic mass is 9.70. The largest absolute Gasteiger partial charge is 0.573 e. The minimum absolute atomic E-state index is 0.113. The van der Waals surface area contributed by atoms with Crippen LogP contribution < -0.4 is 19.5 Å². The van der Waals surface area contributed by atoms with E-state index in [1.54, 1.807) is 19.1 Å². The molecule has 0 aromatic heterocycles. The molecule has 4 aromatic rings. The Hall–Kier alpha value is -6.15. The molecule has 0 saturated carbocycles. The molecule has 406 valence electrons. The summed E-state index contributed by atoms with van der Waals surface area (Å²) in [5.74, 6) is -2.54. The number of aliphatic hydroxyl groups excluding tert-OH is 2. The van der Waals surface area contributed by atoms with Crippen LogP contribution in [0.5, 0.6) is 17.2 Å². The van der Waals surface area contributed by atoms with Gasteiger partial charge in [0.25, 0.3) is 0 Å².